The maximum atomic E-state index is 12.0. The topological polar surface area (TPSA) is 73.9 Å². The molecule has 1 rings (SSSR count). The fourth-order valence-electron chi connectivity index (χ4n) is 1.36. The van der Waals surface area contributed by atoms with Crippen molar-refractivity contribution < 1.29 is 23.8 Å². The zero-order chi connectivity index (χ0) is 14.5. The molecule has 6 nitrogen and oxygen atoms in total. The average Bonchev–Trinajstić information content (AvgIpc) is 2.44. The molecule has 0 saturated carbocycles. The Balaban J connectivity index is 2.94. The van der Waals surface area contributed by atoms with E-state index in [1.165, 1.54) is 26.4 Å². The molecule has 0 spiro atoms. The standard InChI is InChI=1S/C12H14ClNO5/c1-17-11(16)12(18-2,19-3)14-10(15)8-4-6-9(13)7-5-8/h4-7H,1-3H3,(H,14,15). The highest BCUT2D eigenvalue weighted by molar-refractivity contribution is 6.30. The molecule has 104 valence electrons. The zero-order valence-electron chi connectivity index (χ0n) is 10.7. The second-order valence-corrected chi connectivity index (χ2v) is 3.91. The SMILES string of the molecule is COC(=O)C(NC(=O)c1ccc(Cl)cc1)(OC)OC. The molecule has 1 N–H and O–H groups in total. The summed E-state index contributed by atoms with van der Waals surface area (Å²) in [5.74, 6) is -3.42. The number of nitrogens with one attached hydrogen (secondary N) is 1. The van der Waals surface area contributed by atoms with Crippen LogP contribution < -0.4 is 5.32 Å². The molecule has 19 heavy (non-hydrogen) atoms. The quantitative estimate of drug-likeness (QED) is 0.650. The van der Waals surface area contributed by atoms with E-state index in [0.29, 0.717) is 10.6 Å². The van der Waals surface area contributed by atoms with E-state index in [0.717, 1.165) is 7.11 Å². The number of hydrogen-bond acceptors (Lipinski definition) is 5. The lowest BCUT2D eigenvalue weighted by atomic mass is 10.2. The average molecular weight is 288 g/mol. The number of esters is 1. The maximum absolute atomic E-state index is 12.0. The van der Waals surface area contributed by atoms with E-state index in [9.17, 15) is 9.59 Å². The van der Waals surface area contributed by atoms with Crippen LogP contribution in [0.15, 0.2) is 24.3 Å². The van der Waals surface area contributed by atoms with E-state index in [-0.39, 0.29) is 0 Å². The van der Waals surface area contributed by atoms with E-state index in [1.54, 1.807) is 12.1 Å². The molecule has 0 aliphatic carbocycles. The Morgan fingerprint density at radius 3 is 2.05 bits per heavy atom. The third kappa shape index (κ3) is 3.44. The highest BCUT2D eigenvalue weighted by atomic mass is 35.5. The van der Waals surface area contributed by atoms with Crippen molar-refractivity contribution in [3.05, 3.63) is 34.9 Å². The summed E-state index contributed by atoms with van der Waals surface area (Å²) in [6.07, 6.45) is 0. The highest BCUT2D eigenvalue weighted by Crippen LogP contribution is 2.13. The predicted molar refractivity (Wildman–Crippen MR) is 67.7 cm³/mol. The van der Waals surface area contributed by atoms with Crippen LogP contribution in [-0.2, 0) is 19.0 Å². The van der Waals surface area contributed by atoms with E-state index in [4.69, 9.17) is 21.1 Å². The van der Waals surface area contributed by atoms with Gasteiger partial charge in [0.05, 0.1) is 7.11 Å². The number of halogens is 1. The third-order valence-corrected chi connectivity index (χ3v) is 2.67. The van der Waals surface area contributed by atoms with Crippen LogP contribution in [0.4, 0.5) is 0 Å². The van der Waals surface area contributed by atoms with Gasteiger partial charge in [0.1, 0.15) is 0 Å². The van der Waals surface area contributed by atoms with Gasteiger partial charge in [-0.2, -0.15) is 0 Å². The fraction of sp³-hybridized carbons (Fsp3) is 0.333. The number of benzene rings is 1. The normalized spacial score (nSPS) is 10.9. The number of carbonyl (C=O) groups is 2. The number of amides is 1. The minimum absolute atomic E-state index is 0.298. The molecule has 0 heterocycles. The van der Waals surface area contributed by atoms with E-state index in [2.05, 4.69) is 10.1 Å². The summed E-state index contributed by atoms with van der Waals surface area (Å²) in [5, 5.41) is 2.81. The van der Waals surface area contributed by atoms with Crippen molar-refractivity contribution in [2.45, 2.75) is 5.91 Å². The molecule has 0 aromatic heterocycles. The summed E-state index contributed by atoms with van der Waals surface area (Å²) in [7, 11) is 3.58. The van der Waals surface area contributed by atoms with Gasteiger partial charge in [0.2, 0.25) is 0 Å². The monoisotopic (exact) mass is 287 g/mol. The lowest BCUT2D eigenvalue weighted by Gasteiger charge is -2.28. The Labute approximate surface area is 115 Å². The van der Waals surface area contributed by atoms with Gasteiger partial charge in [-0.15, -0.1) is 0 Å². The Kier molecular flexibility index (Phi) is 5.29. The minimum atomic E-state index is -1.98. The van der Waals surface area contributed by atoms with Crippen molar-refractivity contribution in [3.8, 4) is 0 Å². The molecule has 0 radical (unpaired) electrons. The lowest BCUT2D eigenvalue weighted by Crippen LogP contribution is -2.58. The summed E-state index contributed by atoms with van der Waals surface area (Å²) in [6, 6.07) is 6.11. The molecular formula is C12H14ClNO5. The van der Waals surface area contributed by atoms with E-state index >= 15 is 0 Å². The van der Waals surface area contributed by atoms with Crippen LogP contribution >= 0.6 is 11.6 Å². The third-order valence-electron chi connectivity index (χ3n) is 2.41. The van der Waals surface area contributed by atoms with Crippen molar-refractivity contribution in [1.29, 1.82) is 0 Å². The molecule has 0 aliphatic heterocycles. The van der Waals surface area contributed by atoms with Gasteiger partial charge in [-0.05, 0) is 24.3 Å². The van der Waals surface area contributed by atoms with Gasteiger partial charge < -0.3 is 14.2 Å². The Morgan fingerprint density at radius 2 is 1.63 bits per heavy atom. The molecule has 0 unspecified atom stereocenters. The summed E-state index contributed by atoms with van der Waals surface area (Å²) >= 11 is 5.72. The highest BCUT2D eigenvalue weighted by Gasteiger charge is 2.42. The number of methoxy groups -OCH3 is 3. The second kappa shape index (κ2) is 6.51. The zero-order valence-corrected chi connectivity index (χ0v) is 11.5. The van der Waals surface area contributed by atoms with Crippen LogP contribution in [0, 0.1) is 0 Å². The summed E-state index contributed by atoms with van der Waals surface area (Å²) in [5.41, 5.74) is 0.298. The van der Waals surface area contributed by atoms with Crippen molar-refractivity contribution in [2.75, 3.05) is 21.3 Å². The molecule has 1 amide bonds. The van der Waals surface area contributed by atoms with Crippen LogP contribution in [0.1, 0.15) is 10.4 Å². The number of rotatable bonds is 5. The molecule has 1 aromatic rings. The minimum Gasteiger partial charge on any atom is -0.463 e. The number of ether oxygens (including phenoxy) is 3. The van der Waals surface area contributed by atoms with Gasteiger partial charge in [0, 0.05) is 24.8 Å². The van der Waals surface area contributed by atoms with Crippen LogP contribution in [-0.4, -0.2) is 39.1 Å². The second-order valence-electron chi connectivity index (χ2n) is 3.48. The van der Waals surface area contributed by atoms with Crippen LogP contribution in [0.3, 0.4) is 0 Å². The summed E-state index contributed by atoms with van der Waals surface area (Å²) in [4.78, 5) is 23.6. The molecular weight excluding hydrogens is 274 g/mol. The van der Waals surface area contributed by atoms with E-state index in [1.807, 2.05) is 0 Å². The van der Waals surface area contributed by atoms with Gasteiger partial charge >= 0.3 is 11.9 Å². The van der Waals surface area contributed by atoms with Gasteiger partial charge in [-0.3, -0.25) is 10.1 Å². The van der Waals surface area contributed by atoms with Crippen LogP contribution in [0.5, 0.6) is 0 Å². The Hall–Kier alpha value is -1.63. The van der Waals surface area contributed by atoms with Gasteiger partial charge in [-0.1, -0.05) is 11.6 Å². The maximum Gasteiger partial charge on any atom is 0.390 e. The van der Waals surface area contributed by atoms with Crippen molar-refractivity contribution in [2.24, 2.45) is 0 Å². The Morgan fingerprint density at radius 1 is 1.11 bits per heavy atom. The predicted octanol–water partition coefficient (Wildman–Crippen LogP) is 1.19. The van der Waals surface area contributed by atoms with Gasteiger partial charge in [-0.25, -0.2) is 4.79 Å². The van der Waals surface area contributed by atoms with Crippen molar-refractivity contribution >= 4 is 23.5 Å². The Bertz CT molecular complexity index is 456. The van der Waals surface area contributed by atoms with Crippen molar-refractivity contribution in [1.82, 2.24) is 5.32 Å². The number of hydrogen-bond donors (Lipinski definition) is 1. The summed E-state index contributed by atoms with van der Waals surface area (Å²) < 4.78 is 14.3. The number of carbonyl (C=O) groups excluding carboxylic acids is 2. The molecule has 7 heteroatoms. The molecule has 0 atom stereocenters. The first-order chi connectivity index (χ1) is 8.99. The molecule has 0 saturated heterocycles. The largest absolute Gasteiger partial charge is 0.463 e. The molecule has 0 bridgehead atoms. The lowest BCUT2D eigenvalue weighted by molar-refractivity contribution is -0.235. The van der Waals surface area contributed by atoms with Crippen molar-refractivity contribution in [3.63, 3.8) is 0 Å². The van der Waals surface area contributed by atoms with Gasteiger partial charge in [0.25, 0.3) is 5.91 Å². The first-order valence-electron chi connectivity index (χ1n) is 5.26. The molecule has 1 aromatic carbocycles. The van der Waals surface area contributed by atoms with Crippen LogP contribution in [0.2, 0.25) is 5.02 Å². The molecule has 0 fully saturated rings. The van der Waals surface area contributed by atoms with Crippen LogP contribution in [0.25, 0.3) is 0 Å². The van der Waals surface area contributed by atoms with E-state index < -0.39 is 17.8 Å². The van der Waals surface area contributed by atoms with Gasteiger partial charge in [0.15, 0.2) is 0 Å². The smallest absolute Gasteiger partial charge is 0.390 e. The first kappa shape index (κ1) is 15.4. The fourth-order valence-corrected chi connectivity index (χ4v) is 1.49. The summed E-state index contributed by atoms with van der Waals surface area (Å²) in [6.45, 7) is 0. The first-order valence-corrected chi connectivity index (χ1v) is 5.63. The molecule has 0 aliphatic rings.